The highest BCUT2D eigenvalue weighted by molar-refractivity contribution is 5.88. The van der Waals surface area contributed by atoms with E-state index in [4.69, 9.17) is 4.74 Å². The average Bonchev–Trinajstić information content (AvgIpc) is 3.29. The lowest BCUT2D eigenvalue weighted by Gasteiger charge is -2.24. The van der Waals surface area contributed by atoms with E-state index in [0.717, 1.165) is 25.9 Å². The molecule has 1 N–H and O–H groups in total. The molecular weight excluding hydrogens is 308 g/mol. The van der Waals surface area contributed by atoms with Crippen molar-refractivity contribution in [1.82, 2.24) is 24.2 Å². The zero-order valence-corrected chi connectivity index (χ0v) is 14.1. The smallest absolute Gasteiger partial charge is 0.323 e. The van der Waals surface area contributed by atoms with E-state index in [1.165, 1.54) is 0 Å². The Morgan fingerprint density at radius 3 is 3.12 bits per heavy atom. The number of carbonyl (C=O) groups is 1. The van der Waals surface area contributed by atoms with Gasteiger partial charge >= 0.3 is 6.03 Å². The number of nitrogens with one attached hydrogen (secondary N) is 1. The molecule has 24 heavy (non-hydrogen) atoms. The number of ether oxygens (including phenoxy) is 1. The number of hydrogen-bond acceptors (Lipinski definition) is 4. The fourth-order valence-corrected chi connectivity index (χ4v) is 3.08. The summed E-state index contributed by atoms with van der Waals surface area (Å²) in [6.07, 6.45) is 9.34. The monoisotopic (exact) mass is 332 g/mol. The standard InChI is InChI=1S/C16H24N6O2/c1-13(11-24-2)22-8-5-15(19-22)18-16(23)21-7-3-4-14(21)10-20-9-6-17-12-20/h5-6,8-9,12-14H,3-4,7,10-11H2,1-2H3,(H,18,19,23)/t13-,14+/m1/s1. The van der Waals surface area contributed by atoms with Crippen molar-refractivity contribution < 1.29 is 9.53 Å². The highest BCUT2D eigenvalue weighted by atomic mass is 16.5. The fraction of sp³-hybridized carbons (Fsp3) is 0.562. The molecule has 2 atom stereocenters. The van der Waals surface area contributed by atoms with Crippen molar-refractivity contribution in [3.63, 3.8) is 0 Å². The van der Waals surface area contributed by atoms with Crippen LogP contribution in [0.1, 0.15) is 25.8 Å². The number of likely N-dealkylation sites (tertiary alicyclic amines) is 1. The van der Waals surface area contributed by atoms with Crippen LogP contribution in [0.15, 0.2) is 31.0 Å². The Labute approximate surface area is 141 Å². The van der Waals surface area contributed by atoms with Gasteiger partial charge in [-0.25, -0.2) is 9.78 Å². The summed E-state index contributed by atoms with van der Waals surface area (Å²) in [4.78, 5) is 18.5. The lowest BCUT2D eigenvalue weighted by atomic mass is 10.2. The molecule has 0 aromatic carbocycles. The van der Waals surface area contributed by atoms with E-state index in [0.29, 0.717) is 12.4 Å². The summed E-state index contributed by atoms with van der Waals surface area (Å²) in [5.41, 5.74) is 0. The highest BCUT2D eigenvalue weighted by Crippen LogP contribution is 2.20. The lowest BCUT2D eigenvalue weighted by Crippen LogP contribution is -2.40. The molecule has 0 radical (unpaired) electrons. The molecule has 2 aromatic rings. The third-order valence-electron chi connectivity index (χ3n) is 4.32. The molecule has 0 bridgehead atoms. The van der Waals surface area contributed by atoms with E-state index in [2.05, 4.69) is 15.4 Å². The van der Waals surface area contributed by atoms with Crippen molar-refractivity contribution in [2.75, 3.05) is 25.6 Å². The quantitative estimate of drug-likeness (QED) is 0.877. The minimum absolute atomic E-state index is 0.0951. The average molecular weight is 332 g/mol. The maximum Gasteiger partial charge on any atom is 0.323 e. The first-order valence-electron chi connectivity index (χ1n) is 8.25. The van der Waals surface area contributed by atoms with Crippen molar-refractivity contribution in [2.24, 2.45) is 0 Å². The first kappa shape index (κ1) is 16.5. The first-order chi connectivity index (χ1) is 11.7. The summed E-state index contributed by atoms with van der Waals surface area (Å²) in [6.45, 7) is 4.14. The van der Waals surface area contributed by atoms with Crippen LogP contribution in [-0.4, -0.2) is 56.6 Å². The molecule has 0 spiro atoms. The molecule has 0 saturated carbocycles. The molecule has 0 unspecified atom stereocenters. The van der Waals surface area contributed by atoms with Crippen molar-refractivity contribution >= 4 is 11.8 Å². The SMILES string of the molecule is COC[C@@H](C)n1ccc(NC(=O)N2CCC[C@H]2Cn2ccnc2)n1. The Bertz CT molecular complexity index is 653. The Kier molecular flexibility index (Phi) is 5.14. The number of amides is 2. The summed E-state index contributed by atoms with van der Waals surface area (Å²) in [5.74, 6) is 0.566. The summed E-state index contributed by atoms with van der Waals surface area (Å²) >= 11 is 0. The minimum Gasteiger partial charge on any atom is -0.382 e. The fourth-order valence-electron chi connectivity index (χ4n) is 3.08. The molecule has 1 fully saturated rings. The maximum atomic E-state index is 12.6. The van der Waals surface area contributed by atoms with Crippen LogP contribution in [0.4, 0.5) is 10.6 Å². The van der Waals surface area contributed by atoms with Gasteiger partial charge in [-0.1, -0.05) is 0 Å². The van der Waals surface area contributed by atoms with E-state index in [9.17, 15) is 4.79 Å². The van der Waals surface area contributed by atoms with Gasteiger partial charge in [-0.05, 0) is 19.8 Å². The van der Waals surface area contributed by atoms with E-state index in [-0.39, 0.29) is 18.1 Å². The first-order valence-corrected chi connectivity index (χ1v) is 8.25. The summed E-state index contributed by atoms with van der Waals surface area (Å²) in [6, 6.07) is 2.03. The normalized spacial score (nSPS) is 18.8. The Morgan fingerprint density at radius 2 is 2.38 bits per heavy atom. The van der Waals surface area contributed by atoms with Crippen LogP contribution >= 0.6 is 0 Å². The van der Waals surface area contributed by atoms with E-state index in [1.807, 2.05) is 34.9 Å². The van der Waals surface area contributed by atoms with Gasteiger partial charge in [-0.3, -0.25) is 10.00 Å². The van der Waals surface area contributed by atoms with E-state index >= 15 is 0 Å². The second-order valence-corrected chi connectivity index (χ2v) is 6.16. The number of carbonyl (C=O) groups excluding carboxylic acids is 1. The van der Waals surface area contributed by atoms with Crippen molar-refractivity contribution in [2.45, 2.75) is 38.4 Å². The maximum absolute atomic E-state index is 12.6. The van der Waals surface area contributed by atoms with E-state index < -0.39 is 0 Å². The molecule has 3 heterocycles. The molecular formula is C16H24N6O2. The van der Waals surface area contributed by atoms with Crippen LogP contribution in [0, 0.1) is 0 Å². The van der Waals surface area contributed by atoms with Crippen LogP contribution in [0.5, 0.6) is 0 Å². The Hall–Kier alpha value is -2.35. The Balaban J connectivity index is 1.59. The number of nitrogens with zero attached hydrogens (tertiary/aromatic N) is 5. The number of urea groups is 1. The van der Waals surface area contributed by atoms with Gasteiger partial charge in [0, 0.05) is 44.9 Å². The Morgan fingerprint density at radius 1 is 1.50 bits per heavy atom. The molecule has 8 heteroatoms. The van der Waals surface area contributed by atoms with Crippen LogP contribution in [0.3, 0.4) is 0 Å². The number of rotatable bonds is 6. The molecule has 3 rings (SSSR count). The summed E-state index contributed by atoms with van der Waals surface area (Å²) < 4.78 is 8.94. The van der Waals surface area contributed by atoms with Gasteiger partial charge in [0.2, 0.25) is 0 Å². The third kappa shape index (κ3) is 3.76. The van der Waals surface area contributed by atoms with Crippen LogP contribution < -0.4 is 5.32 Å². The third-order valence-corrected chi connectivity index (χ3v) is 4.32. The lowest BCUT2D eigenvalue weighted by molar-refractivity contribution is 0.157. The second-order valence-electron chi connectivity index (χ2n) is 6.16. The van der Waals surface area contributed by atoms with Crippen LogP contribution in [-0.2, 0) is 11.3 Å². The zero-order chi connectivity index (χ0) is 16.9. The number of imidazole rings is 1. The van der Waals surface area contributed by atoms with Gasteiger partial charge in [0.25, 0.3) is 0 Å². The molecule has 0 aliphatic carbocycles. The van der Waals surface area contributed by atoms with E-state index in [1.54, 1.807) is 24.3 Å². The minimum atomic E-state index is -0.0951. The highest BCUT2D eigenvalue weighted by Gasteiger charge is 2.29. The van der Waals surface area contributed by atoms with Gasteiger partial charge in [0.1, 0.15) is 0 Å². The number of methoxy groups -OCH3 is 1. The summed E-state index contributed by atoms with van der Waals surface area (Å²) in [5, 5.41) is 7.30. The van der Waals surface area contributed by atoms with Crippen LogP contribution in [0.2, 0.25) is 0 Å². The van der Waals surface area contributed by atoms with Gasteiger partial charge in [0.05, 0.1) is 25.0 Å². The molecule has 130 valence electrons. The van der Waals surface area contributed by atoms with Gasteiger partial charge < -0.3 is 14.2 Å². The van der Waals surface area contributed by atoms with Crippen LogP contribution in [0.25, 0.3) is 0 Å². The number of aromatic nitrogens is 4. The van der Waals surface area contributed by atoms with Crippen molar-refractivity contribution in [3.8, 4) is 0 Å². The number of hydrogen-bond donors (Lipinski definition) is 1. The predicted octanol–water partition coefficient (Wildman–Crippen LogP) is 1.98. The van der Waals surface area contributed by atoms with Crippen molar-refractivity contribution in [3.05, 3.63) is 31.0 Å². The molecule has 1 aliphatic rings. The molecule has 2 amide bonds. The number of anilines is 1. The van der Waals surface area contributed by atoms with Gasteiger partial charge in [-0.2, -0.15) is 5.10 Å². The molecule has 1 aliphatic heterocycles. The van der Waals surface area contributed by atoms with Gasteiger partial charge in [0.15, 0.2) is 5.82 Å². The molecule has 2 aromatic heterocycles. The zero-order valence-electron chi connectivity index (χ0n) is 14.1. The predicted molar refractivity (Wildman–Crippen MR) is 89.8 cm³/mol. The summed E-state index contributed by atoms with van der Waals surface area (Å²) in [7, 11) is 1.66. The second kappa shape index (κ2) is 7.48. The topological polar surface area (TPSA) is 77.2 Å². The largest absolute Gasteiger partial charge is 0.382 e. The molecule has 8 nitrogen and oxygen atoms in total. The van der Waals surface area contributed by atoms with Crippen molar-refractivity contribution in [1.29, 1.82) is 0 Å². The van der Waals surface area contributed by atoms with Gasteiger partial charge in [-0.15, -0.1) is 0 Å². The molecule has 1 saturated heterocycles.